The van der Waals surface area contributed by atoms with Crippen LogP contribution in [0.15, 0.2) is 0 Å². The molecule has 0 spiro atoms. The molecule has 0 aromatic heterocycles. The lowest BCUT2D eigenvalue weighted by Crippen LogP contribution is -2.62. The minimum atomic E-state index is -2.69. The molecule has 0 aromatic rings. The Morgan fingerprint density at radius 3 is 2.24 bits per heavy atom. The van der Waals surface area contributed by atoms with E-state index in [0.717, 1.165) is 12.8 Å². The van der Waals surface area contributed by atoms with Gasteiger partial charge in [-0.15, -0.1) is 0 Å². The highest BCUT2D eigenvalue weighted by Gasteiger charge is 2.60. The van der Waals surface area contributed by atoms with E-state index in [1.165, 1.54) is 0 Å². The average Bonchev–Trinajstić information content (AvgIpc) is 3.40. The van der Waals surface area contributed by atoms with E-state index in [9.17, 15) is 9.90 Å². The van der Waals surface area contributed by atoms with E-state index in [1.54, 1.807) is 7.11 Å². The number of carbonyl (C=O) groups is 1. The van der Waals surface area contributed by atoms with E-state index >= 15 is 0 Å². The molecule has 1 N–H and O–H groups in total. The average molecular weight is 603 g/mol. The van der Waals surface area contributed by atoms with Crippen molar-refractivity contribution in [2.24, 2.45) is 5.41 Å². The number of aliphatic hydroxyl groups excluding tert-OH is 1. The van der Waals surface area contributed by atoms with Crippen molar-refractivity contribution in [1.82, 2.24) is 0 Å². The second-order valence-corrected chi connectivity index (χ2v) is 18.6. The third-order valence-electron chi connectivity index (χ3n) is 8.94. The first-order valence-electron chi connectivity index (χ1n) is 15.4. The van der Waals surface area contributed by atoms with Crippen molar-refractivity contribution in [2.45, 2.75) is 160 Å². The maximum Gasteiger partial charge on any atom is 0.343 e. The molecule has 0 aromatic carbocycles. The SMILES string of the molecule is CO[Si](O[C@@H]1[C@@H]2O[C@H]3CC[C@H](CCOC(=O)C(C)(C)C)O[C@@H]3[C@@H](O)[C@@H]2O[C@@H]1CC1COC(C)(C)O1)(C(C)C)C(C)C. The van der Waals surface area contributed by atoms with Gasteiger partial charge in [0.15, 0.2) is 5.79 Å². The summed E-state index contributed by atoms with van der Waals surface area (Å²) < 4.78 is 50.3. The van der Waals surface area contributed by atoms with Gasteiger partial charge in [0, 0.05) is 20.0 Å². The van der Waals surface area contributed by atoms with Gasteiger partial charge >= 0.3 is 14.5 Å². The van der Waals surface area contributed by atoms with E-state index in [0.29, 0.717) is 19.4 Å². The van der Waals surface area contributed by atoms with E-state index in [4.69, 9.17) is 37.3 Å². The third-order valence-corrected chi connectivity index (χ3v) is 13.4. The summed E-state index contributed by atoms with van der Waals surface area (Å²) in [6, 6.07) is 0. The first-order valence-corrected chi connectivity index (χ1v) is 17.4. The van der Waals surface area contributed by atoms with Gasteiger partial charge in [0.05, 0.1) is 43.0 Å². The molecule has 0 radical (unpaired) electrons. The molecule has 10 nitrogen and oxygen atoms in total. The number of hydrogen-bond acceptors (Lipinski definition) is 10. The Kier molecular flexibility index (Phi) is 10.4. The fourth-order valence-corrected chi connectivity index (χ4v) is 10.4. The smallest absolute Gasteiger partial charge is 0.343 e. The maximum atomic E-state index is 12.2. The predicted molar refractivity (Wildman–Crippen MR) is 154 cm³/mol. The molecule has 9 atom stereocenters. The lowest BCUT2D eigenvalue weighted by Gasteiger charge is -2.47. The van der Waals surface area contributed by atoms with E-state index in [2.05, 4.69) is 27.7 Å². The summed E-state index contributed by atoms with van der Waals surface area (Å²) in [5.41, 5.74) is -0.148. The van der Waals surface area contributed by atoms with Crippen LogP contribution in [0.3, 0.4) is 0 Å². The van der Waals surface area contributed by atoms with Crippen molar-refractivity contribution in [3.63, 3.8) is 0 Å². The molecule has 4 aliphatic heterocycles. The molecule has 4 rings (SSSR count). The Balaban J connectivity index is 1.49. The molecule has 41 heavy (non-hydrogen) atoms. The molecule has 0 bridgehead atoms. The molecule has 4 aliphatic rings. The lowest BCUT2D eigenvalue weighted by molar-refractivity contribution is -0.260. The standard InChI is InChI=1S/C30H54O10Si/c1-17(2)41(33-10,18(3)4)40-25-22(15-20-16-35-30(8,9)39-20)38-26-23(31)24-21(37-27(25)26)12-11-19(36-24)13-14-34-28(32)29(5,6)7/h17-27,31H,11-16H2,1-10H3/t19-,20?,21+,22-,23-,24+,25+,26+,27+/m1/s1. The molecule has 0 aliphatic carbocycles. The summed E-state index contributed by atoms with van der Waals surface area (Å²) in [7, 11) is -0.951. The molecule has 1 unspecified atom stereocenters. The summed E-state index contributed by atoms with van der Waals surface area (Å²) >= 11 is 0. The quantitative estimate of drug-likeness (QED) is 0.288. The van der Waals surface area contributed by atoms with Crippen LogP contribution in [0.4, 0.5) is 0 Å². The van der Waals surface area contributed by atoms with Gasteiger partial charge in [-0.05, 0) is 58.5 Å². The largest absolute Gasteiger partial charge is 0.465 e. The zero-order valence-corrected chi connectivity index (χ0v) is 27.7. The van der Waals surface area contributed by atoms with Crippen LogP contribution in [-0.4, -0.2) is 101 Å². The zero-order valence-electron chi connectivity index (χ0n) is 26.7. The van der Waals surface area contributed by atoms with Crippen molar-refractivity contribution in [3.05, 3.63) is 0 Å². The molecule has 4 heterocycles. The highest BCUT2D eigenvalue weighted by atomic mass is 28.4. The fourth-order valence-electron chi connectivity index (χ4n) is 6.77. The number of esters is 1. The lowest BCUT2D eigenvalue weighted by atomic mass is 9.88. The van der Waals surface area contributed by atoms with Gasteiger partial charge in [-0.25, -0.2) is 0 Å². The Hall–Kier alpha value is -0.633. The van der Waals surface area contributed by atoms with Gasteiger partial charge in [0.25, 0.3) is 0 Å². The van der Waals surface area contributed by atoms with Crippen molar-refractivity contribution in [2.75, 3.05) is 20.3 Å². The zero-order chi connectivity index (χ0) is 30.3. The second kappa shape index (κ2) is 12.8. The van der Waals surface area contributed by atoms with Crippen LogP contribution in [0, 0.1) is 5.41 Å². The predicted octanol–water partition coefficient (Wildman–Crippen LogP) is 4.24. The van der Waals surface area contributed by atoms with Gasteiger partial charge < -0.3 is 42.4 Å². The number of fused-ring (bicyclic) bond motifs is 2. The Labute approximate surface area is 247 Å². The summed E-state index contributed by atoms with van der Waals surface area (Å²) in [6.45, 7) is 18.7. The second-order valence-electron chi connectivity index (χ2n) is 14.2. The molecular formula is C30H54O10Si. The molecule has 0 saturated carbocycles. The Bertz CT molecular complexity index is 881. The highest BCUT2D eigenvalue weighted by molar-refractivity contribution is 6.70. The number of aliphatic hydroxyl groups is 1. The summed E-state index contributed by atoms with van der Waals surface area (Å²) in [6.07, 6.45) is -1.24. The summed E-state index contributed by atoms with van der Waals surface area (Å²) in [4.78, 5) is 12.2. The molecule has 4 fully saturated rings. The molecule has 238 valence electrons. The van der Waals surface area contributed by atoms with Crippen molar-refractivity contribution in [3.8, 4) is 0 Å². The summed E-state index contributed by atoms with van der Waals surface area (Å²) in [5.74, 6) is -0.882. The van der Waals surface area contributed by atoms with E-state index < -0.39 is 50.3 Å². The fraction of sp³-hybridized carbons (Fsp3) is 0.967. The Morgan fingerprint density at radius 1 is 1.00 bits per heavy atom. The molecule has 0 amide bonds. The van der Waals surface area contributed by atoms with Crippen LogP contribution in [0.25, 0.3) is 0 Å². The number of rotatable bonds is 10. The van der Waals surface area contributed by atoms with Gasteiger partial charge in [-0.3, -0.25) is 4.79 Å². The number of hydrogen-bond donors (Lipinski definition) is 1. The van der Waals surface area contributed by atoms with Crippen LogP contribution < -0.4 is 0 Å². The molecule has 11 heteroatoms. The first kappa shape index (κ1) is 33.3. The van der Waals surface area contributed by atoms with Gasteiger partial charge in [0.1, 0.15) is 30.5 Å². The topological polar surface area (TPSA) is 111 Å². The first-order chi connectivity index (χ1) is 19.1. The van der Waals surface area contributed by atoms with Gasteiger partial charge in [-0.1, -0.05) is 27.7 Å². The number of ether oxygens (including phenoxy) is 6. The van der Waals surface area contributed by atoms with Crippen LogP contribution in [0.5, 0.6) is 0 Å². The normalized spacial score (nSPS) is 37.3. The van der Waals surface area contributed by atoms with Crippen LogP contribution in [-0.2, 0) is 42.1 Å². The van der Waals surface area contributed by atoms with Crippen molar-refractivity contribution < 1.29 is 47.2 Å². The third kappa shape index (κ3) is 7.20. The van der Waals surface area contributed by atoms with E-state index in [-0.39, 0.29) is 48.1 Å². The van der Waals surface area contributed by atoms with Crippen LogP contribution >= 0.6 is 0 Å². The maximum absolute atomic E-state index is 12.2. The van der Waals surface area contributed by atoms with Gasteiger partial charge in [-0.2, -0.15) is 0 Å². The summed E-state index contributed by atoms with van der Waals surface area (Å²) in [5, 5.41) is 11.6. The Morgan fingerprint density at radius 2 is 1.68 bits per heavy atom. The number of carbonyl (C=O) groups excluding carboxylic acids is 1. The molecular weight excluding hydrogens is 548 g/mol. The minimum absolute atomic E-state index is 0.134. The minimum Gasteiger partial charge on any atom is -0.465 e. The van der Waals surface area contributed by atoms with Crippen LogP contribution in [0.1, 0.15) is 88.0 Å². The van der Waals surface area contributed by atoms with Crippen LogP contribution in [0.2, 0.25) is 11.1 Å². The van der Waals surface area contributed by atoms with Crippen molar-refractivity contribution in [1.29, 1.82) is 0 Å². The van der Waals surface area contributed by atoms with Gasteiger partial charge in [0.2, 0.25) is 0 Å². The molecule has 4 saturated heterocycles. The van der Waals surface area contributed by atoms with E-state index in [1.807, 2.05) is 34.6 Å². The highest BCUT2D eigenvalue weighted by Crippen LogP contribution is 2.45. The monoisotopic (exact) mass is 602 g/mol. The van der Waals surface area contributed by atoms with Crippen molar-refractivity contribution >= 4 is 14.5 Å².